The standard InChI is InChI=1S/C43H34N2O6/c1-24(40(46)27-13-17-29(18-14-27)50-23-25-7-3-2-4-8-25)51-43(49)35-22-37(44-36-10-6-5-9-30(35)36)26-11-15-28(16-12-26)45-41(47)38-31-19-20-32(34-21-33(31)34)39(38)42(45)48/h2-20,22,24,31-34,38-39H,21,23H2,1H3. The summed E-state index contributed by atoms with van der Waals surface area (Å²) >= 11 is 0. The minimum Gasteiger partial charge on any atom is -0.489 e. The van der Waals surface area contributed by atoms with E-state index in [2.05, 4.69) is 12.2 Å². The van der Waals surface area contributed by atoms with Crippen molar-refractivity contribution in [3.05, 3.63) is 138 Å². The molecule has 8 heteroatoms. The third kappa shape index (κ3) is 5.33. The molecule has 1 aliphatic heterocycles. The molecule has 2 amide bonds. The molecule has 4 aliphatic carbocycles. The van der Waals surface area contributed by atoms with Gasteiger partial charge in [0.05, 0.1) is 34.3 Å². The second-order valence-electron chi connectivity index (χ2n) is 14.0. The number of pyridine rings is 1. The number of ether oxygens (including phenoxy) is 2. The van der Waals surface area contributed by atoms with Crippen LogP contribution in [0.25, 0.3) is 22.2 Å². The average molecular weight is 675 g/mol. The summed E-state index contributed by atoms with van der Waals surface area (Å²) in [4.78, 5) is 60.4. The highest BCUT2D eigenvalue weighted by Crippen LogP contribution is 2.65. The minimum atomic E-state index is -1.04. The zero-order valence-electron chi connectivity index (χ0n) is 27.8. The van der Waals surface area contributed by atoms with Crippen LogP contribution in [0.2, 0.25) is 0 Å². The Balaban J connectivity index is 0.918. The molecule has 252 valence electrons. The van der Waals surface area contributed by atoms with Crippen LogP contribution in [0.15, 0.2) is 121 Å². The molecule has 1 aromatic heterocycles. The monoisotopic (exact) mass is 674 g/mol. The Morgan fingerprint density at radius 2 is 1.45 bits per heavy atom. The van der Waals surface area contributed by atoms with Crippen LogP contribution in [-0.4, -0.2) is 34.7 Å². The lowest BCUT2D eigenvalue weighted by Gasteiger charge is -2.37. The first kappa shape index (κ1) is 31.1. The van der Waals surface area contributed by atoms with E-state index < -0.39 is 12.1 Å². The number of anilines is 1. The molecular weight excluding hydrogens is 640 g/mol. The van der Waals surface area contributed by atoms with Gasteiger partial charge in [-0.3, -0.25) is 19.3 Å². The first-order valence-corrected chi connectivity index (χ1v) is 17.4. The summed E-state index contributed by atoms with van der Waals surface area (Å²) in [5, 5.41) is 0.597. The van der Waals surface area contributed by atoms with Crippen molar-refractivity contribution in [2.24, 2.45) is 35.5 Å². The second-order valence-corrected chi connectivity index (χ2v) is 14.0. The number of rotatable bonds is 9. The SMILES string of the molecule is CC(OC(=O)c1cc(-c2ccc(N3C(=O)C4C5C=CC(C6CC56)C4C3=O)cc2)nc2ccccc12)C(=O)c1ccc(OCc2ccccc2)cc1. The summed E-state index contributed by atoms with van der Waals surface area (Å²) in [6.07, 6.45) is 4.42. The second kappa shape index (κ2) is 12.2. The molecule has 0 spiro atoms. The Labute approximate surface area is 294 Å². The number of esters is 1. The summed E-state index contributed by atoms with van der Waals surface area (Å²) in [5.41, 5.74) is 4.07. The van der Waals surface area contributed by atoms with Gasteiger partial charge in [0, 0.05) is 16.5 Å². The lowest BCUT2D eigenvalue weighted by Crippen LogP contribution is -2.40. The van der Waals surface area contributed by atoms with Crippen molar-refractivity contribution in [3.8, 4) is 17.0 Å². The molecule has 5 aromatic rings. The first-order valence-electron chi connectivity index (χ1n) is 17.4. The molecule has 7 unspecified atom stereocenters. The van der Waals surface area contributed by atoms with E-state index in [1.165, 1.54) is 4.90 Å². The highest BCUT2D eigenvalue weighted by molar-refractivity contribution is 6.22. The van der Waals surface area contributed by atoms with Crippen molar-refractivity contribution in [2.75, 3.05) is 4.90 Å². The number of aromatic nitrogens is 1. The number of ketones is 1. The first-order chi connectivity index (χ1) is 24.9. The van der Waals surface area contributed by atoms with Crippen molar-refractivity contribution in [2.45, 2.75) is 26.1 Å². The van der Waals surface area contributed by atoms with Crippen LogP contribution >= 0.6 is 0 Å². The maximum atomic E-state index is 13.7. The van der Waals surface area contributed by atoms with Gasteiger partial charge in [-0.15, -0.1) is 0 Å². The van der Waals surface area contributed by atoms with E-state index in [-0.39, 0.29) is 46.8 Å². The number of allylic oxidation sites excluding steroid dienone is 2. The molecule has 10 rings (SSSR count). The Kier molecular flexibility index (Phi) is 7.42. The number of fused-ring (bicyclic) bond motifs is 1. The molecule has 4 aromatic carbocycles. The summed E-state index contributed by atoms with van der Waals surface area (Å²) in [6, 6.07) is 32.7. The largest absolute Gasteiger partial charge is 0.489 e. The van der Waals surface area contributed by atoms with Gasteiger partial charge in [-0.25, -0.2) is 9.78 Å². The smallest absolute Gasteiger partial charge is 0.339 e. The summed E-state index contributed by atoms with van der Waals surface area (Å²) in [5.74, 6) is 0.310. The fourth-order valence-corrected chi connectivity index (χ4v) is 8.45. The van der Waals surface area contributed by atoms with Crippen LogP contribution in [-0.2, 0) is 20.9 Å². The van der Waals surface area contributed by atoms with E-state index in [1.54, 1.807) is 55.5 Å². The predicted octanol–water partition coefficient (Wildman–Crippen LogP) is 7.47. The van der Waals surface area contributed by atoms with E-state index in [4.69, 9.17) is 14.5 Å². The number of nitrogens with zero attached hydrogens (tertiary/aromatic N) is 2. The van der Waals surface area contributed by atoms with Gasteiger partial charge in [0.1, 0.15) is 12.4 Å². The Morgan fingerprint density at radius 1 is 0.804 bits per heavy atom. The molecule has 2 bridgehead atoms. The van der Waals surface area contributed by atoms with E-state index >= 15 is 0 Å². The molecule has 5 aliphatic rings. The van der Waals surface area contributed by atoms with Crippen LogP contribution in [0.5, 0.6) is 5.75 Å². The summed E-state index contributed by atoms with van der Waals surface area (Å²) in [7, 11) is 0. The third-order valence-electron chi connectivity index (χ3n) is 11.1. The van der Waals surface area contributed by atoms with Gasteiger partial charge < -0.3 is 9.47 Å². The maximum Gasteiger partial charge on any atom is 0.339 e. The number of hydrogen-bond acceptors (Lipinski definition) is 7. The molecule has 8 nitrogen and oxygen atoms in total. The fraction of sp³-hybridized carbons (Fsp3) is 0.233. The fourth-order valence-electron chi connectivity index (χ4n) is 8.45. The van der Waals surface area contributed by atoms with E-state index in [0.29, 0.717) is 57.6 Å². The number of carbonyl (C=O) groups excluding carboxylic acids is 4. The molecule has 3 fully saturated rings. The zero-order chi connectivity index (χ0) is 34.8. The van der Waals surface area contributed by atoms with Gasteiger partial charge in [0.2, 0.25) is 17.6 Å². The van der Waals surface area contributed by atoms with Crippen LogP contribution in [0.4, 0.5) is 5.69 Å². The van der Waals surface area contributed by atoms with Crippen molar-refractivity contribution in [1.82, 2.24) is 4.98 Å². The number of benzene rings is 4. The number of amides is 2. The molecule has 1 saturated heterocycles. The molecule has 2 heterocycles. The molecule has 0 N–H and O–H groups in total. The van der Waals surface area contributed by atoms with Gasteiger partial charge in [-0.05, 0) is 91.1 Å². The topological polar surface area (TPSA) is 103 Å². The number of hydrogen-bond donors (Lipinski definition) is 0. The van der Waals surface area contributed by atoms with Crippen LogP contribution in [0.3, 0.4) is 0 Å². The highest BCUT2D eigenvalue weighted by Gasteiger charge is 2.67. The van der Waals surface area contributed by atoms with E-state index in [0.717, 1.165) is 12.0 Å². The average Bonchev–Trinajstić information content (AvgIpc) is 3.96. The van der Waals surface area contributed by atoms with Crippen LogP contribution in [0.1, 0.15) is 39.6 Å². The summed E-state index contributed by atoms with van der Waals surface area (Å²) in [6.45, 7) is 1.97. The predicted molar refractivity (Wildman–Crippen MR) is 191 cm³/mol. The molecule has 0 radical (unpaired) electrons. The highest BCUT2D eigenvalue weighted by atomic mass is 16.5. The van der Waals surface area contributed by atoms with Gasteiger partial charge in [-0.2, -0.15) is 0 Å². The molecule has 2 saturated carbocycles. The molecule has 7 atom stereocenters. The number of carbonyl (C=O) groups is 4. The molecule has 51 heavy (non-hydrogen) atoms. The van der Waals surface area contributed by atoms with Crippen molar-refractivity contribution < 1.29 is 28.7 Å². The van der Waals surface area contributed by atoms with E-state index in [9.17, 15) is 19.2 Å². The maximum absolute atomic E-state index is 13.7. The van der Waals surface area contributed by atoms with Crippen LogP contribution in [0, 0.1) is 35.5 Å². The Bertz CT molecular complexity index is 2210. The van der Waals surface area contributed by atoms with Gasteiger partial charge in [0.25, 0.3) is 0 Å². The zero-order valence-corrected chi connectivity index (χ0v) is 27.8. The van der Waals surface area contributed by atoms with Crippen LogP contribution < -0.4 is 9.64 Å². The summed E-state index contributed by atoms with van der Waals surface area (Å²) < 4.78 is 11.6. The normalized spacial score (nSPS) is 24.6. The van der Waals surface area contributed by atoms with Crippen molar-refractivity contribution >= 4 is 40.2 Å². The quantitative estimate of drug-likeness (QED) is 0.0692. The number of para-hydroxylation sites is 1. The lowest BCUT2D eigenvalue weighted by molar-refractivity contribution is -0.124. The Morgan fingerprint density at radius 3 is 2.14 bits per heavy atom. The van der Waals surface area contributed by atoms with Gasteiger partial charge >= 0.3 is 5.97 Å². The van der Waals surface area contributed by atoms with Gasteiger partial charge in [0.15, 0.2) is 6.10 Å². The minimum absolute atomic E-state index is 0.104. The number of imide groups is 1. The van der Waals surface area contributed by atoms with E-state index in [1.807, 2.05) is 60.7 Å². The van der Waals surface area contributed by atoms with Crippen molar-refractivity contribution in [1.29, 1.82) is 0 Å². The Hall–Kier alpha value is -5.89. The van der Waals surface area contributed by atoms with Gasteiger partial charge in [-0.1, -0.05) is 72.8 Å². The third-order valence-corrected chi connectivity index (χ3v) is 11.1. The lowest BCUT2D eigenvalue weighted by atomic mass is 9.63. The number of Topliss-reactive ketones (excluding diaryl/α,β-unsaturated/α-hetero) is 1. The van der Waals surface area contributed by atoms with Crippen molar-refractivity contribution in [3.63, 3.8) is 0 Å². The molecular formula is C43H34N2O6.